The summed E-state index contributed by atoms with van der Waals surface area (Å²) in [6, 6.07) is 15.6. The van der Waals surface area contributed by atoms with Crippen LogP contribution in [0.3, 0.4) is 0 Å². The number of nitrogens with one attached hydrogen (secondary N) is 1. The zero-order chi connectivity index (χ0) is 17.9. The van der Waals surface area contributed by atoms with Crippen molar-refractivity contribution in [3.05, 3.63) is 105 Å². The minimum Gasteiger partial charge on any atom is -0.321 e. The van der Waals surface area contributed by atoms with Crippen molar-refractivity contribution in [1.82, 2.24) is 5.32 Å². The maximum atomic E-state index is 12.7. The van der Waals surface area contributed by atoms with E-state index in [1.807, 2.05) is 48.6 Å². The van der Waals surface area contributed by atoms with Gasteiger partial charge in [-0.1, -0.05) is 40.2 Å². The Balaban J connectivity index is 1.77. The third kappa shape index (κ3) is 3.35. The lowest BCUT2D eigenvalue weighted by molar-refractivity contribution is 0.0967. The molecule has 2 aromatic carbocycles. The summed E-state index contributed by atoms with van der Waals surface area (Å²) >= 11 is 5.09. The summed E-state index contributed by atoms with van der Waals surface area (Å²) in [7, 11) is 0. The lowest BCUT2D eigenvalue weighted by Gasteiger charge is -2.11. The van der Waals surface area contributed by atoms with Crippen molar-refractivity contribution < 1.29 is 4.79 Å². The minimum atomic E-state index is -0.135. The van der Waals surface area contributed by atoms with Crippen LogP contribution in [-0.4, -0.2) is 5.91 Å². The highest BCUT2D eigenvalue weighted by Crippen LogP contribution is 2.33. The zero-order valence-electron chi connectivity index (χ0n) is 13.7. The first kappa shape index (κ1) is 16.8. The van der Waals surface area contributed by atoms with Crippen molar-refractivity contribution in [3.63, 3.8) is 0 Å². The maximum absolute atomic E-state index is 12.7. The molecule has 0 saturated carbocycles. The minimum absolute atomic E-state index is 0.135. The van der Waals surface area contributed by atoms with Gasteiger partial charge < -0.3 is 5.32 Å². The van der Waals surface area contributed by atoms with E-state index in [0.29, 0.717) is 5.56 Å². The van der Waals surface area contributed by atoms with Crippen molar-refractivity contribution in [2.24, 2.45) is 0 Å². The molecule has 4 heteroatoms. The number of amides is 1. The second-order valence-corrected chi connectivity index (χ2v) is 7.60. The summed E-state index contributed by atoms with van der Waals surface area (Å²) in [5, 5.41) is 6.35. The number of allylic oxidation sites excluding steroid dienone is 4. The highest BCUT2D eigenvalue weighted by atomic mass is 79.9. The average Bonchev–Trinajstić information content (AvgIpc) is 2.95. The Morgan fingerprint density at radius 3 is 2.73 bits per heavy atom. The van der Waals surface area contributed by atoms with Gasteiger partial charge >= 0.3 is 0 Å². The molecular formula is C22H14BrNOS. The van der Waals surface area contributed by atoms with E-state index in [1.165, 1.54) is 10.1 Å². The molecule has 0 radical (unpaired) electrons. The first-order valence-electron chi connectivity index (χ1n) is 8.09. The molecule has 0 bridgehead atoms. The first-order valence-corrected chi connectivity index (χ1v) is 9.76. The van der Waals surface area contributed by atoms with Crippen LogP contribution in [0.2, 0.25) is 0 Å². The second-order valence-electron chi connectivity index (χ2n) is 5.77. The third-order valence-corrected chi connectivity index (χ3v) is 5.59. The molecule has 0 saturated heterocycles. The van der Waals surface area contributed by atoms with Crippen molar-refractivity contribution in [1.29, 1.82) is 0 Å². The number of thiophene rings is 1. The molecule has 0 atom stereocenters. The van der Waals surface area contributed by atoms with Gasteiger partial charge in [0.2, 0.25) is 0 Å². The van der Waals surface area contributed by atoms with E-state index in [4.69, 9.17) is 0 Å². The van der Waals surface area contributed by atoms with Crippen LogP contribution in [0.15, 0.2) is 94.1 Å². The summed E-state index contributed by atoms with van der Waals surface area (Å²) in [5.41, 5.74) is 6.59. The molecule has 0 unspecified atom stereocenters. The van der Waals surface area contributed by atoms with E-state index >= 15 is 0 Å². The molecule has 26 heavy (non-hydrogen) atoms. The molecule has 1 aliphatic carbocycles. The number of carbonyl (C=O) groups is 1. The number of hydrogen-bond donors (Lipinski definition) is 1. The fourth-order valence-electron chi connectivity index (χ4n) is 2.81. The van der Waals surface area contributed by atoms with Crippen LogP contribution in [-0.2, 0) is 0 Å². The Kier molecular flexibility index (Phi) is 4.72. The molecule has 1 heterocycles. The van der Waals surface area contributed by atoms with Crippen LogP contribution in [0.5, 0.6) is 0 Å². The summed E-state index contributed by atoms with van der Waals surface area (Å²) in [5.74, 6) is -0.135. The highest BCUT2D eigenvalue weighted by Gasteiger charge is 2.14. The molecule has 0 spiro atoms. The van der Waals surface area contributed by atoms with Crippen LogP contribution >= 0.6 is 27.3 Å². The molecule has 4 rings (SSSR count). The van der Waals surface area contributed by atoms with Gasteiger partial charge in [-0.15, -0.1) is 17.1 Å². The molecule has 2 nitrogen and oxygen atoms in total. The molecule has 1 aromatic heterocycles. The quantitative estimate of drug-likeness (QED) is 0.511. The SMILES string of the molecule is O=C(NC1=C(c2csc3ccccc23)C=C=CC=C1)c1ccc(Br)cc1. The third-order valence-electron chi connectivity index (χ3n) is 4.10. The van der Waals surface area contributed by atoms with Gasteiger partial charge in [-0.05, 0) is 53.9 Å². The fraction of sp³-hybridized carbons (Fsp3) is 0. The van der Waals surface area contributed by atoms with Gasteiger partial charge in [0, 0.05) is 37.0 Å². The Morgan fingerprint density at radius 2 is 1.88 bits per heavy atom. The Bertz CT molecular complexity index is 1110. The number of halogens is 1. The smallest absolute Gasteiger partial charge is 0.255 e. The molecular weight excluding hydrogens is 406 g/mol. The van der Waals surface area contributed by atoms with Crippen LogP contribution in [0.4, 0.5) is 0 Å². The average molecular weight is 420 g/mol. The number of rotatable bonds is 3. The lowest BCUT2D eigenvalue weighted by Crippen LogP contribution is -2.22. The van der Waals surface area contributed by atoms with Gasteiger partial charge in [0.1, 0.15) is 0 Å². The molecule has 1 aliphatic rings. The zero-order valence-corrected chi connectivity index (χ0v) is 16.1. The van der Waals surface area contributed by atoms with Crippen LogP contribution in [0.25, 0.3) is 15.7 Å². The van der Waals surface area contributed by atoms with E-state index in [-0.39, 0.29) is 5.91 Å². The maximum Gasteiger partial charge on any atom is 0.255 e. The van der Waals surface area contributed by atoms with E-state index < -0.39 is 0 Å². The second kappa shape index (κ2) is 7.30. The number of fused-ring (bicyclic) bond motifs is 1. The van der Waals surface area contributed by atoms with Crippen molar-refractivity contribution in [3.8, 4) is 0 Å². The molecule has 126 valence electrons. The van der Waals surface area contributed by atoms with Gasteiger partial charge in [0.15, 0.2) is 0 Å². The summed E-state index contributed by atoms with van der Waals surface area (Å²) in [6.45, 7) is 0. The fourth-order valence-corrected chi connectivity index (χ4v) is 4.04. The largest absolute Gasteiger partial charge is 0.321 e. The summed E-state index contributed by atoms with van der Waals surface area (Å²) in [4.78, 5) is 12.7. The van der Waals surface area contributed by atoms with Crippen LogP contribution < -0.4 is 5.32 Å². The predicted molar refractivity (Wildman–Crippen MR) is 112 cm³/mol. The first-order chi connectivity index (χ1) is 12.7. The van der Waals surface area contributed by atoms with E-state index in [0.717, 1.165) is 21.3 Å². The van der Waals surface area contributed by atoms with Crippen LogP contribution in [0.1, 0.15) is 15.9 Å². The normalized spacial score (nSPS) is 13.3. The molecule has 0 fully saturated rings. The van der Waals surface area contributed by atoms with E-state index in [2.05, 4.69) is 44.5 Å². The summed E-state index contributed by atoms with van der Waals surface area (Å²) in [6.07, 6.45) is 7.56. The van der Waals surface area contributed by atoms with Gasteiger partial charge in [0.25, 0.3) is 5.91 Å². The number of carbonyl (C=O) groups excluding carboxylic acids is 1. The van der Waals surface area contributed by atoms with E-state index in [9.17, 15) is 4.79 Å². The highest BCUT2D eigenvalue weighted by molar-refractivity contribution is 9.10. The lowest BCUT2D eigenvalue weighted by atomic mass is 10.0. The van der Waals surface area contributed by atoms with Gasteiger partial charge in [-0.2, -0.15) is 0 Å². The monoisotopic (exact) mass is 419 g/mol. The van der Waals surface area contributed by atoms with Gasteiger partial charge in [-0.3, -0.25) is 4.79 Å². The van der Waals surface area contributed by atoms with Gasteiger partial charge in [-0.25, -0.2) is 0 Å². The van der Waals surface area contributed by atoms with Crippen molar-refractivity contribution in [2.75, 3.05) is 0 Å². The van der Waals surface area contributed by atoms with E-state index in [1.54, 1.807) is 23.5 Å². The Hall–Kier alpha value is -2.65. The standard InChI is InChI=1S/C22H14BrNOS/c23-16-12-10-15(11-13-16)22(25)24-20-8-3-1-2-6-17(20)19-14-26-21-9-5-4-7-18(19)21/h1,3-14H,(H,24,25). The number of benzene rings is 2. The van der Waals surface area contributed by atoms with Crippen molar-refractivity contribution >= 4 is 48.8 Å². The van der Waals surface area contributed by atoms with Crippen LogP contribution in [0, 0.1) is 0 Å². The Labute approximate surface area is 164 Å². The molecule has 1 N–H and O–H groups in total. The van der Waals surface area contributed by atoms with Crippen molar-refractivity contribution in [2.45, 2.75) is 0 Å². The summed E-state index contributed by atoms with van der Waals surface area (Å²) < 4.78 is 2.17. The predicted octanol–water partition coefficient (Wildman–Crippen LogP) is 6.09. The molecule has 0 aliphatic heterocycles. The topological polar surface area (TPSA) is 29.1 Å². The van der Waals surface area contributed by atoms with Gasteiger partial charge in [0.05, 0.1) is 0 Å². The Morgan fingerprint density at radius 1 is 1.08 bits per heavy atom. The molecule has 1 amide bonds. The number of hydrogen-bond acceptors (Lipinski definition) is 2. The molecule has 3 aromatic rings.